The maximum absolute atomic E-state index is 13.0. The summed E-state index contributed by atoms with van der Waals surface area (Å²) in [7, 11) is -9.90. The number of carbonyl (C=O) groups excluding carboxylic acids is 4. The number of esters is 4. The Morgan fingerprint density at radius 2 is 0.580 bits per heavy atom. The van der Waals surface area contributed by atoms with E-state index in [0.717, 1.165) is 114 Å². The second-order valence-electron chi connectivity index (χ2n) is 26.1. The van der Waals surface area contributed by atoms with Crippen LogP contribution < -0.4 is 0 Å². The number of phosphoric ester groups is 2. The molecule has 88 heavy (non-hydrogen) atoms. The molecule has 19 heteroatoms. The first-order valence-corrected chi connectivity index (χ1v) is 38.9. The molecule has 522 valence electrons. The van der Waals surface area contributed by atoms with E-state index in [1.807, 2.05) is 0 Å². The van der Waals surface area contributed by atoms with Crippen molar-refractivity contribution in [2.24, 2.45) is 17.8 Å². The van der Waals surface area contributed by atoms with Crippen LogP contribution in [0.3, 0.4) is 0 Å². The molecule has 0 rings (SSSR count). The monoisotopic (exact) mass is 1300 g/mol. The van der Waals surface area contributed by atoms with Crippen LogP contribution in [0.2, 0.25) is 0 Å². The number of hydrogen-bond acceptors (Lipinski definition) is 15. The topological polar surface area (TPSA) is 237 Å². The number of aliphatic hydroxyl groups excluding tert-OH is 1. The molecule has 0 spiro atoms. The van der Waals surface area contributed by atoms with Crippen molar-refractivity contribution in [3.8, 4) is 0 Å². The zero-order valence-corrected chi connectivity index (χ0v) is 59.0. The molecule has 0 aliphatic carbocycles. The van der Waals surface area contributed by atoms with Gasteiger partial charge in [-0.1, -0.05) is 292 Å². The van der Waals surface area contributed by atoms with Gasteiger partial charge in [-0.05, 0) is 43.4 Å². The van der Waals surface area contributed by atoms with Gasteiger partial charge in [0.05, 0.1) is 26.4 Å². The number of rotatable bonds is 67. The van der Waals surface area contributed by atoms with Crippen molar-refractivity contribution in [3.05, 3.63) is 0 Å². The Bertz CT molecular complexity index is 1730. The number of ether oxygens (including phenoxy) is 4. The molecule has 17 nitrogen and oxygen atoms in total. The second-order valence-corrected chi connectivity index (χ2v) is 29.0. The molecular weight excluding hydrogens is 1160 g/mol. The highest BCUT2D eigenvalue weighted by molar-refractivity contribution is 7.47. The molecule has 0 aromatic carbocycles. The van der Waals surface area contributed by atoms with Crippen LogP contribution in [0.25, 0.3) is 0 Å². The maximum atomic E-state index is 13.0. The van der Waals surface area contributed by atoms with E-state index in [9.17, 15) is 43.2 Å². The van der Waals surface area contributed by atoms with Gasteiger partial charge in [0.1, 0.15) is 19.3 Å². The van der Waals surface area contributed by atoms with Gasteiger partial charge < -0.3 is 33.8 Å². The summed E-state index contributed by atoms with van der Waals surface area (Å²) in [5.74, 6) is 0.0450. The van der Waals surface area contributed by atoms with Gasteiger partial charge in [-0.15, -0.1) is 0 Å². The quantitative estimate of drug-likeness (QED) is 0.0222. The Balaban J connectivity index is 5.24. The van der Waals surface area contributed by atoms with Gasteiger partial charge in [0.2, 0.25) is 0 Å². The zero-order valence-electron chi connectivity index (χ0n) is 57.2. The summed E-state index contributed by atoms with van der Waals surface area (Å²) in [6.07, 6.45) is 43.2. The van der Waals surface area contributed by atoms with Gasteiger partial charge in [0.25, 0.3) is 0 Å². The van der Waals surface area contributed by atoms with E-state index in [1.165, 1.54) is 148 Å². The normalized spacial score (nSPS) is 14.5. The molecule has 0 aromatic rings. The average Bonchev–Trinajstić information content (AvgIpc) is 3.64. The van der Waals surface area contributed by atoms with Gasteiger partial charge in [-0.2, -0.15) is 0 Å². The van der Waals surface area contributed by atoms with Gasteiger partial charge in [0.15, 0.2) is 12.2 Å². The summed E-state index contributed by atoms with van der Waals surface area (Å²) < 4.78 is 68.2. The summed E-state index contributed by atoms with van der Waals surface area (Å²) in [5.41, 5.74) is 0. The SMILES string of the molecule is CCCCCCCCCCCCCCCCCCC(=O)O[C@H](COC(=O)CCCCCCCCCCC(C)C)COP(=O)(O)OC[C@@H](O)COP(=O)(O)OC[C@@H](COC(=O)CCCCCCCCC(C)CC)OC(=O)CCCCCCCCCCC(C)C. The molecule has 0 amide bonds. The van der Waals surface area contributed by atoms with Gasteiger partial charge in [-0.25, -0.2) is 9.13 Å². The summed E-state index contributed by atoms with van der Waals surface area (Å²) in [6, 6.07) is 0. The van der Waals surface area contributed by atoms with Crippen LogP contribution in [0.1, 0.15) is 344 Å². The molecule has 3 unspecified atom stereocenters. The fourth-order valence-electron chi connectivity index (χ4n) is 10.3. The molecular formula is C69H134O17P2. The molecule has 0 aliphatic rings. The van der Waals surface area contributed by atoms with Crippen LogP contribution in [-0.2, 0) is 65.4 Å². The lowest BCUT2D eigenvalue weighted by atomic mass is 10.00. The van der Waals surface area contributed by atoms with Crippen molar-refractivity contribution in [1.82, 2.24) is 0 Å². The highest BCUT2D eigenvalue weighted by Gasteiger charge is 2.30. The minimum absolute atomic E-state index is 0.103. The lowest BCUT2D eigenvalue weighted by Gasteiger charge is -2.21. The highest BCUT2D eigenvalue weighted by Crippen LogP contribution is 2.45. The summed E-state index contributed by atoms with van der Waals surface area (Å²) in [5, 5.41) is 10.6. The average molecular weight is 1300 g/mol. The fraction of sp³-hybridized carbons (Fsp3) is 0.942. The molecule has 3 N–H and O–H groups in total. The first-order valence-electron chi connectivity index (χ1n) is 35.9. The van der Waals surface area contributed by atoms with Crippen LogP contribution in [0.5, 0.6) is 0 Å². The van der Waals surface area contributed by atoms with Crippen LogP contribution >= 0.6 is 15.6 Å². The molecule has 0 fully saturated rings. The van der Waals surface area contributed by atoms with E-state index in [4.69, 9.17) is 37.0 Å². The summed E-state index contributed by atoms with van der Waals surface area (Å²) in [4.78, 5) is 72.5. The van der Waals surface area contributed by atoms with E-state index in [2.05, 4.69) is 48.5 Å². The van der Waals surface area contributed by atoms with Gasteiger partial charge in [0, 0.05) is 25.7 Å². The fourth-order valence-corrected chi connectivity index (χ4v) is 11.9. The number of phosphoric acid groups is 2. The molecule has 6 atom stereocenters. The first kappa shape index (κ1) is 86.1. The lowest BCUT2D eigenvalue weighted by molar-refractivity contribution is -0.161. The molecule has 0 aromatic heterocycles. The highest BCUT2D eigenvalue weighted by atomic mass is 31.2. The molecule has 0 saturated carbocycles. The van der Waals surface area contributed by atoms with Crippen LogP contribution in [-0.4, -0.2) is 96.7 Å². The van der Waals surface area contributed by atoms with Crippen LogP contribution in [0, 0.1) is 17.8 Å². The van der Waals surface area contributed by atoms with Crippen LogP contribution in [0.15, 0.2) is 0 Å². The largest absolute Gasteiger partial charge is 0.472 e. The maximum Gasteiger partial charge on any atom is 0.472 e. The number of hydrogen-bond donors (Lipinski definition) is 3. The number of carbonyl (C=O) groups is 4. The Hall–Kier alpha value is -1.94. The van der Waals surface area contributed by atoms with Gasteiger partial charge >= 0.3 is 39.5 Å². The van der Waals surface area contributed by atoms with E-state index < -0.39 is 97.5 Å². The van der Waals surface area contributed by atoms with Crippen molar-refractivity contribution >= 4 is 39.5 Å². The molecule has 0 bridgehead atoms. The van der Waals surface area contributed by atoms with E-state index >= 15 is 0 Å². The third-order valence-corrected chi connectivity index (χ3v) is 18.1. The second kappa shape index (κ2) is 60.0. The lowest BCUT2D eigenvalue weighted by Crippen LogP contribution is -2.30. The minimum atomic E-state index is -4.95. The van der Waals surface area contributed by atoms with Gasteiger partial charge in [-0.3, -0.25) is 37.3 Å². The summed E-state index contributed by atoms with van der Waals surface area (Å²) in [6.45, 7) is 11.7. The smallest absolute Gasteiger partial charge is 0.462 e. The van der Waals surface area contributed by atoms with Crippen molar-refractivity contribution in [3.63, 3.8) is 0 Å². The Morgan fingerprint density at radius 1 is 0.330 bits per heavy atom. The van der Waals surface area contributed by atoms with Crippen molar-refractivity contribution in [2.45, 2.75) is 362 Å². The number of aliphatic hydroxyl groups is 1. The first-order chi connectivity index (χ1) is 42.3. The van der Waals surface area contributed by atoms with Crippen LogP contribution in [0.4, 0.5) is 0 Å². The molecule has 0 saturated heterocycles. The minimum Gasteiger partial charge on any atom is -0.462 e. The van der Waals surface area contributed by atoms with Crippen molar-refractivity contribution in [1.29, 1.82) is 0 Å². The van der Waals surface area contributed by atoms with E-state index in [-0.39, 0.29) is 25.7 Å². The van der Waals surface area contributed by atoms with E-state index in [0.29, 0.717) is 25.7 Å². The predicted molar refractivity (Wildman–Crippen MR) is 354 cm³/mol. The number of unbranched alkanes of at least 4 members (excludes halogenated alkanes) is 34. The molecule has 0 aliphatic heterocycles. The third-order valence-electron chi connectivity index (χ3n) is 16.2. The Morgan fingerprint density at radius 3 is 0.864 bits per heavy atom. The summed E-state index contributed by atoms with van der Waals surface area (Å²) >= 11 is 0. The predicted octanol–water partition coefficient (Wildman–Crippen LogP) is 19.5. The van der Waals surface area contributed by atoms with Crippen molar-refractivity contribution in [2.75, 3.05) is 39.6 Å². The van der Waals surface area contributed by atoms with E-state index in [1.54, 1.807) is 0 Å². The standard InChI is InChI=1S/C69H134O17P2/c1-8-10-11-12-13-14-15-16-17-18-19-20-21-29-38-45-52-68(73)85-64(56-79-66(71)50-43-36-28-24-22-26-33-40-47-60(3)4)58-83-87(75,76)81-54-63(70)55-82-88(77,78)84-59-65(57-80-67(72)51-44-37-32-31-35-42-49-62(7)9-2)86-69(74)53-46-39-30-25-23-27-34-41-48-61(5)6/h60-65,70H,8-59H2,1-7H3,(H,75,76)(H,77,78)/t62?,63-,64-,65-/m1/s1. The Kier molecular flexibility index (Phi) is 58.7. The zero-order chi connectivity index (χ0) is 65.2. The molecule has 0 heterocycles. The molecule has 0 radical (unpaired) electrons. The van der Waals surface area contributed by atoms with Crippen molar-refractivity contribution < 1.29 is 80.2 Å². The Labute approximate surface area is 537 Å². The third kappa shape index (κ3) is 61.6.